The molecule has 3 N–H and O–H groups in total. The predicted molar refractivity (Wildman–Crippen MR) is 109 cm³/mol. The maximum absolute atomic E-state index is 13.3. The van der Waals surface area contributed by atoms with Crippen LogP contribution < -0.4 is 15.7 Å². The number of carbonyl (C=O) groups excluding carboxylic acids is 1. The van der Waals surface area contributed by atoms with Crippen LogP contribution in [0.15, 0.2) is 35.4 Å². The van der Waals surface area contributed by atoms with Crippen LogP contribution in [0.2, 0.25) is 0 Å². The summed E-state index contributed by atoms with van der Waals surface area (Å²) in [4.78, 5) is 18.4. The van der Waals surface area contributed by atoms with Crippen molar-refractivity contribution in [1.82, 2.24) is 20.1 Å². The highest BCUT2D eigenvalue weighted by Crippen LogP contribution is 2.31. The van der Waals surface area contributed by atoms with Crippen molar-refractivity contribution in [3.8, 4) is 0 Å². The largest absolute Gasteiger partial charge is 0.345 e. The van der Waals surface area contributed by atoms with Gasteiger partial charge in [0.15, 0.2) is 5.13 Å². The van der Waals surface area contributed by atoms with Gasteiger partial charge in [-0.3, -0.25) is 10.0 Å². The average molecular weight is 438 g/mol. The summed E-state index contributed by atoms with van der Waals surface area (Å²) in [6.07, 6.45) is 2.34. The lowest BCUT2D eigenvalue weighted by atomic mass is 9.99. The number of carbonyl (C=O) groups is 1. The van der Waals surface area contributed by atoms with E-state index in [2.05, 4.69) is 10.3 Å². The SMILES string of the molecule is O=C(NO)c1cnc(N2CCN(S(=O)(=O)c3ccccc3C3CCNC3)CC2)s1. The third-order valence-electron chi connectivity index (χ3n) is 5.36. The van der Waals surface area contributed by atoms with E-state index >= 15 is 0 Å². The number of nitrogens with zero attached hydrogens (tertiary/aromatic N) is 3. The lowest BCUT2D eigenvalue weighted by Crippen LogP contribution is -2.48. The van der Waals surface area contributed by atoms with Crippen molar-refractivity contribution >= 4 is 32.4 Å². The minimum Gasteiger partial charge on any atom is -0.345 e. The minimum atomic E-state index is -3.58. The van der Waals surface area contributed by atoms with Crippen LogP contribution in [0.25, 0.3) is 0 Å². The Kier molecular flexibility index (Phi) is 5.83. The van der Waals surface area contributed by atoms with Gasteiger partial charge in [0.25, 0.3) is 5.91 Å². The number of sulfonamides is 1. The summed E-state index contributed by atoms with van der Waals surface area (Å²) < 4.78 is 28.2. The van der Waals surface area contributed by atoms with Gasteiger partial charge in [-0.1, -0.05) is 29.5 Å². The molecule has 0 bridgehead atoms. The van der Waals surface area contributed by atoms with Crippen LogP contribution in [0, 0.1) is 0 Å². The number of hydroxylamine groups is 1. The molecule has 2 aliphatic heterocycles. The summed E-state index contributed by atoms with van der Waals surface area (Å²) in [7, 11) is -3.58. The Bertz CT molecular complexity index is 980. The fourth-order valence-electron chi connectivity index (χ4n) is 3.80. The van der Waals surface area contributed by atoms with Gasteiger partial charge in [-0.25, -0.2) is 18.9 Å². The van der Waals surface area contributed by atoms with Gasteiger partial charge >= 0.3 is 0 Å². The molecule has 29 heavy (non-hydrogen) atoms. The molecule has 0 saturated carbocycles. The van der Waals surface area contributed by atoms with Gasteiger partial charge in [0, 0.05) is 32.7 Å². The van der Waals surface area contributed by atoms with E-state index < -0.39 is 15.9 Å². The van der Waals surface area contributed by atoms with Crippen LogP contribution >= 0.6 is 11.3 Å². The molecule has 2 aliphatic rings. The molecule has 1 aromatic heterocycles. The van der Waals surface area contributed by atoms with Crippen molar-refractivity contribution < 1.29 is 18.4 Å². The van der Waals surface area contributed by atoms with E-state index in [-0.39, 0.29) is 5.92 Å². The molecule has 3 heterocycles. The quantitative estimate of drug-likeness (QED) is 0.469. The molecule has 9 nitrogen and oxygen atoms in total. The molecular formula is C18H23N5O4S2. The van der Waals surface area contributed by atoms with E-state index in [4.69, 9.17) is 5.21 Å². The Morgan fingerprint density at radius 1 is 1.24 bits per heavy atom. The van der Waals surface area contributed by atoms with E-state index in [1.807, 2.05) is 17.0 Å². The molecule has 0 spiro atoms. The van der Waals surface area contributed by atoms with Crippen molar-refractivity contribution in [2.75, 3.05) is 44.2 Å². The summed E-state index contributed by atoms with van der Waals surface area (Å²) in [5.74, 6) is -0.387. The number of anilines is 1. The molecular weight excluding hydrogens is 414 g/mol. The Morgan fingerprint density at radius 3 is 2.69 bits per heavy atom. The summed E-state index contributed by atoms with van der Waals surface area (Å²) in [6, 6.07) is 7.30. The van der Waals surface area contributed by atoms with Crippen LogP contribution in [0.4, 0.5) is 5.13 Å². The summed E-state index contributed by atoms with van der Waals surface area (Å²) in [6.45, 7) is 3.37. The normalized spacial score (nSPS) is 20.7. The first-order valence-electron chi connectivity index (χ1n) is 9.45. The highest BCUT2D eigenvalue weighted by atomic mass is 32.2. The highest BCUT2D eigenvalue weighted by molar-refractivity contribution is 7.89. The van der Waals surface area contributed by atoms with Crippen molar-refractivity contribution in [2.45, 2.75) is 17.2 Å². The molecule has 1 aromatic carbocycles. The lowest BCUT2D eigenvalue weighted by molar-refractivity contribution is 0.0710. The zero-order valence-electron chi connectivity index (χ0n) is 15.7. The second-order valence-electron chi connectivity index (χ2n) is 7.07. The molecule has 0 radical (unpaired) electrons. The lowest BCUT2D eigenvalue weighted by Gasteiger charge is -2.34. The molecule has 11 heteroatoms. The average Bonchev–Trinajstić information content (AvgIpc) is 3.45. The van der Waals surface area contributed by atoms with Gasteiger partial charge in [0.05, 0.1) is 11.1 Å². The maximum atomic E-state index is 13.3. The summed E-state index contributed by atoms with van der Waals surface area (Å²) in [5, 5.41) is 12.7. The van der Waals surface area contributed by atoms with Crippen molar-refractivity contribution in [1.29, 1.82) is 0 Å². The van der Waals surface area contributed by atoms with E-state index in [1.54, 1.807) is 17.6 Å². The van der Waals surface area contributed by atoms with Crippen LogP contribution in [-0.2, 0) is 10.0 Å². The van der Waals surface area contributed by atoms with Crippen LogP contribution in [0.3, 0.4) is 0 Å². The van der Waals surface area contributed by atoms with Crippen LogP contribution in [0.1, 0.15) is 27.6 Å². The Balaban J connectivity index is 1.48. The van der Waals surface area contributed by atoms with E-state index in [0.717, 1.165) is 36.4 Å². The van der Waals surface area contributed by atoms with Crippen molar-refractivity contribution in [3.05, 3.63) is 40.9 Å². The molecule has 2 aromatic rings. The summed E-state index contributed by atoms with van der Waals surface area (Å²) >= 11 is 1.16. The van der Waals surface area contributed by atoms with Gasteiger partial charge in [0.1, 0.15) is 4.88 Å². The second kappa shape index (κ2) is 8.36. The predicted octanol–water partition coefficient (Wildman–Crippen LogP) is 0.850. The molecule has 1 unspecified atom stereocenters. The van der Waals surface area contributed by atoms with E-state index in [1.165, 1.54) is 10.5 Å². The summed E-state index contributed by atoms with van der Waals surface area (Å²) in [5.41, 5.74) is 2.48. The molecule has 4 rings (SSSR count). The first-order chi connectivity index (χ1) is 14.0. The number of nitrogens with one attached hydrogen (secondary N) is 2. The number of thiazole rings is 1. The maximum Gasteiger partial charge on any atom is 0.286 e. The first kappa shape index (κ1) is 20.2. The number of hydrogen-bond acceptors (Lipinski definition) is 8. The fourth-order valence-corrected chi connectivity index (χ4v) is 6.37. The van der Waals surface area contributed by atoms with Crippen LogP contribution in [0.5, 0.6) is 0 Å². The zero-order valence-corrected chi connectivity index (χ0v) is 17.4. The standard InChI is InChI=1S/C18H23N5O4S2/c24-17(21-25)15-12-20-18(28-15)22-7-9-23(10-8-22)29(26,27)16-4-2-1-3-14(16)13-5-6-19-11-13/h1-4,12-13,19,25H,5-11H2,(H,21,24). The van der Waals surface area contributed by atoms with Crippen molar-refractivity contribution in [3.63, 3.8) is 0 Å². The highest BCUT2D eigenvalue weighted by Gasteiger charge is 2.33. The number of rotatable bonds is 5. The monoisotopic (exact) mass is 437 g/mol. The van der Waals surface area contributed by atoms with Gasteiger partial charge in [-0.2, -0.15) is 4.31 Å². The molecule has 1 amide bonds. The van der Waals surface area contributed by atoms with Gasteiger partial charge in [0.2, 0.25) is 10.0 Å². The topological polar surface area (TPSA) is 115 Å². The Morgan fingerprint density at radius 2 is 2.00 bits per heavy atom. The third kappa shape index (κ3) is 4.01. The first-order valence-corrected chi connectivity index (χ1v) is 11.7. The van der Waals surface area contributed by atoms with Gasteiger partial charge in [-0.05, 0) is 30.5 Å². The molecule has 2 saturated heterocycles. The van der Waals surface area contributed by atoms with Gasteiger partial charge < -0.3 is 10.2 Å². The third-order valence-corrected chi connectivity index (χ3v) is 8.39. The molecule has 0 aliphatic carbocycles. The Hall–Kier alpha value is -2.05. The molecule has 2 fully saturated rings. The molecule has 1 atom stereocenters. The zero-order chi connectivity index (χ0) is 20.4. The smallest absolute Gasteiger partial charge is 0.286 e. The Labute approximate surface area is 173 Å². The fraction of sp³-hybridized carbons (Fsp3) is 0.444. The van der Waals surface area contributed by atoms with Gasteiger partial charge in [-0.15, -0.1) is 0 Å². The van der Waals surface area contributed by atoms with E-state index in [9.17, 15) is 13.2 Å². The number of aromatic nitrogens is 1. The number of amides is 1. The second-order valence-corrected chi connectivity index (χ2v) is 9.98. The molecule has 156 valence electrons. The number of benzene rings is 1. The number of hydrogen-bond donors (Lipinski definition) is 3. The minimum absolute atomic E-state index is 0.216. The van der Waals surface area contributed by atoms with E-state index in [0.29, 0.717) is 41.1 Å². The number of piperazine rings is 1. The van der Waals surface area contributed by atoms with Crippen LogP contribution in [-0.4, -0.2) is 68.1 Å². The van der Waals surface area contributed by atoms with Crippen molar-refractivity contribution in [2.24, 2.45) is 0 Å².